The molecule has 1 heterocycles. The first-order chi connectivity index (χ1) is 6.56. The molecule has 0 aromatic carbocycles. The van der Waals surface area contributed by atoms with E-state index >= 15 is 0 Å². The molecule has 0 radical (unpaired) electrons. The average Bonchev–Trinajstić information content (AvgIpc) is 1.93. The molecule has 1 saturated heterocycles. The summed E-state index contributed by atoms with van der Waals surface area (Å²) in [5, 5.41) is 0. The van der Waals surface area contributed by atoms with E-state index in [0.717, 1.165) is 26.1 Å². The van der Waals surface area contributed by atoms with Crippen molar-refractivity contribution in [2.45, 2.75) is 26.2 Å². The van der Waals surface area contributed by atoms with Crippen LogP contribution >= 0.6 is 7.82 Å². The Morgan fingerprint density at radius 3 is 2.07 bits per heavy atom. The van der Waals surface area contributed by atoms with Crippen LogP contribution in [0.5, 0.6) is 0 Å². The molecule has 0 unspecified atom stereocenters. The van der Waals surface area contributed by atoms with Gasteiger partial charge in [0.2, 0.25) is 0 Å². The number of unbranched alkanes of at least 4 members (excludes halogenated alkanes) is 2. The van der Waals surface area contributed by atoms with E-state index in [1.54, 1.807) is 0 Å². The Kier molecular flexibility index (Phi) is 8.37. The molecule has 14 heavy (non-hydrogen) atoms. The van der Waals surface area contributed by atoms with Gasteiger partial charge in [-0.05, 0) is 6.42 Å². The van der Waals surface area contributed by atoms with E-state index < -0.39 is 7.82 Å². The van der Waals surface area contributed by atoms with Crippen molar-refractivity contribution in [1.29, 1.82) is 0 Å². The molecule has 0 aromatic rings. The second-order valence-corrected chi connectivity index (χ2v) is 3.91. The van der Waals surface area contributed by atoms with Crippen molar-refractivity contribution in [3.8, 4) is 0 Å². The van der Waals surface area contributed by atoms with Gasteiger partial charge in [0.25, 0.3) is 0 Å². The predicted octanol–water partition coefficient (Wildman–Crippen LogP) is 1.23. The first-order valence-electron chi connectivity index (χ1n) is 4.50. The fourth-order valence-electron chi connectivity index (χ4n) is 0.619. The Morgan fingerprint density at radius 1 is 1.29 bits per heavy atom. The summed E-state index contributed by atoms with van der Waals surface area (Å²) in [6.07, 6.45) is 2.67. The second-order valence-electron chi connectivity index (χ2n) is 2.67. The highest BCUT2D eigenvalue weighted by atomic mass is 31.2. The fourth-order valence-corrected chi connectivity index (χ4v) is 0.986. The summed E-state index contributed by atoms with van der Waals surface area (Å²) in [5.74, 6) is 0. The summed E-state index contributed by atoms with van der Waals surface area (Å²) in [5.41, 5.74) is 0. The topological polar surface area (TPSA) is 85.2 Å². The van der Waals surface area contributed by atoms with Crippen LogP contribution in [0.15, 0.2) is 0 Å². The highest BCUT2D eigenvalue weighted by molar-refractivity contribution is 7.46. The molecule has 0 spiro atoms. The molecule has 0 atom stereocenters. The van der Waals surface area contributed by atoms with Crippen LogP contribution < -0.4 is 0 Å². The number of hydrogen-bond donors (Lipinski definition) is 2. The Morgan fingerprint density at radius 2 is 1.79 bits per heavy atom. The van der Waals surface area contributed by atoms with Crippen LogP contribution in [0.3, 0.4) is 0 Å². The molecule has 0 bridgehead atoms. The zero-order chi connectivity index (χ0) is 10.9. The lowest BCUT2D eigenvalue weighted by atomic mass is 10.3. The van der Waals surface area contributed by atoms with Gasteiger partial charge in [-0.3, -0.25) is 4.52 Å². The third-order valence-electron chi connectivity index (χ3n) is 1.34. The van der Waals surface area contributed by atoms with Crippen LogP contribution in [-0.4, -0.2) is 29.6 Å². The molecule has 0 saturated carbocycles. The molecule has 0 aliphatic carbocycles. The highest BCUT2D eigenvalue weighted by Gasteiger charge is 2.11. The van der Waals surface area contributed by atoms with Crippen molar-refractivity contribution in [1.82, 2.24) is 0 Å². The Hall–Kier alpha value is 0.0300. The normalized spacial score (nSPS) is 15.4. The van der Waals surface area contributed by atoms with Crippen LogP contribution in [-0.2, 0) is 18.9 Å². The van der Waals surface area contributed by atoms with E-state index in [0.29, 0.717) is 6.42 Å². The van der Waals surface area contributed by atoms with E-state index in [1.807, 2.05) is 6.92 Å². The lowest BCUT2D eigenvalue weighted by Crippen LogP contribution is -2.14. The van der Waals surface area contributed by atoms with Gasteiger partial charge in [-0.25, -0.2) is 14.3 Å². The molecule has 86 valence electrons. The summed E-state index contributed by atoms with van der Waals surface area (Å²) >= 11 is 0. The van der Waals surface area contributed by atoms with Gasteiger partial charge in [-0.2, -0.15) is 0 Å². The minimum Gasteiger partial charge on any atom is -0.303 e. The lowest BCUT2D eigenvalue weighted by molar-refractivity contribution is -0.382. The van der Waals surface area contributed by atoms with Crippen molar-refractivity contribution in [3.63, 3.8) is 0 Å². The van der Waals surface area contributed by atoms with Crippen molar-refractivity contribution in [3.05, 3.63) is 0 Å². The SMILES string of the molecule is C1COO1.CCCCCOP(=O)(O)O. The molecule has 7 heteroatoms. The molecule has 1 rings (SSSR count). The molecule has 1 aliphatic rings. The second kappa shape index (κ2) is 8.35. The minimum atomic E-state index is -4.21. The van der Waals surface area contributed by atoms with E-state index in [4.69, 9.17) is 9.79 Å². The van der Waals surface area contributed by atoms with E-state index in [2.05, 4.69) is 14.3 Å². The molecule has 6 nitrogen and oxygen atoms in total. The van der Waals surface area contributed by atoms with Gasteiger partial charge in [0, 0.05) is 0 Å². The van der Waals surface area contributed by atoms with E-state index in [-0.39, 0.29) is 6.61 Å². The first kappa shape index (κ1) is 14.0. The summed E-state index contributed by atoms with van der Waals surface area (Å²) in [4.78, 5) is 24.9. The smallest absolute Gasteiger partial charge is 0.303 e. The summed E-state index contributed by atoms with van der Waals surface area (Å²) < 4.78 is 14.3. The van der Waals surface area contributed by atoms with E-state index in [9.17, 15) is 4.57 Å². The van der Waals surface area contributed by atoms with Crippen molar-refractivity contribution < 1.29 is 28.7 Å². The van der Waals surface area contributed by atoms with Crippen LogP contribution in [0.4, 0.5) is 0 Å². The highest BCUT2D eigenvalue weighted by Crippen LogP contribution is 2.35. The van der Waals surface area contributed by atoms with Gasteiger partial charge in [-0.15, -0.1) is 0 Å². The fraction of sp³-hybridized carbons (Fsp3) is 1.00. The Balaban J connectivity index is 0.000000344. The Labute approximate surface area is 83.3 Å². The summed E-state index contributed by atoms with van der Waals surface area (Å²) in [6.45, 7) is 3.72. The Bertz CT molecular complexity index is 160. The third-order valence-corrected chi connectivity index (χ3v) is 1.86. The molecule has 0 amide bonds. The zero-order valence-corrected chi connectivity index (χ0v) is 9.11. The van der Waals surface area contributed by atoms with E-state index in [1.165, 1.54) is 0 Å². The summed E-state index contributed by atoms with van der Waals surface area (Å²) in [7, 11) is -4.21. The van der Waals surface area contributed by atoms with Gasteiger partial charge in [-0.1, -0.05) is 19.8 Å². The van der Waals surface area contributed by atoms with Crippen LogP contribution in [0.25, 0.3) is 0 Å². The maximum atomic E-state index is 10.1. The minimum absolute atomic E-state index is 0.151. The lowest BCUT2D eigenvalue weighted by Gasteiger charge is -2.08. The van der Waals surface area contributed by atoms with Gasteiger partial charge >= 0.3 is 7.82 Å². The number of hydrogen-bond acceptors (Lipinski definition) is 4. The van der Waals surface area contributed by atoms with Gasteiger partial charge in [0.05, 0.1) is 6.61 Å². The van der Waals surface area contributed by atoms with Crippen LogP contribution in [0.1, 0.15) is 26.2 Å². The number of phosphoric acid groups is 1. The van der Waals surface area contributed by atoms with Gasteiger partial charge in [0.15, 0.2) is 0 Å². The van der Waals surface area contributed by atoms with Gasteiger partial charge < -0.3 is 9.79 Å². The van der Waals surface area contributed by atoms with Crippen LogP contribution in [0, 0.1) is 0 Å². The number of rotatable bonds is 5. The van der Waals surface area contributed by atoms with Crippen molar-refractivity contribution in [2.24, 2.45) is 0 Å². The molecule has 2 N–H and O–H groups in total. The number of phosphoric ester groups is 1. The van der Waals surface area contributed by atoms with Crippen LogP contribution in [0.2, 0.25) is 0 Å². The van der Waals surface area contributed by atoms with Crippen molar-refractivity contribution in [2.75, 3.05) is 19.8 Å². The standard InChI is InChI=1S/C5H13O4P.C2H4O2/c1-2-3-4-5-9-10(6,7)8;1-2-4-3-1/h2-5H2,1H3,(H2,6,7,8);1-2H2. The monoisotopic (exact) mass is 228 g/mol. The van der Waals surface area contributed by atoms with Gasteiger partial charge in [0.1, 0.15) is 13.2 Å². The maximum absolute atomic E-state index is 10.1. The maximum Gasteiger partial charge on any atom is 0.469 e. The zero-order valence-electron chi connectivity index (χ0n) is 8.22. The third kappa shape index (κ3) is 12.0. The molecule has 1 aliphatic heterocycles. The molecular formula is C7H17O6P. The largest absolute Gasteiger partial charge is 0.469 e. The summed E-state index contributed by atoms with van der Waals surface area (Å²) in [6, 6.07) is 0. The average molecular weight is 228 g/mol. The molecular weight excluding hydrogens is 211 g/mol. The predicted molar refractivity (Wildman–Crippen MR) is 49.4 cm³/mol. The quantitative estimate of drug-likeness (QED) is 0.418. The first-order valence-corrected chi connectivity index (χ1v) is 6.04. The molecule has 0 aromatic heterocycles. The van der Waals surface area contributed by atoms with Crippen molar-refractivity contribution >= 4 is 7.82 Å². The molecule has 1 fully saturated rings.